The molecule has 2 amide bonds. The van der Waals surface area contributed by atoms with E-state index >= 15 is 0 Å². The molecule has 0 radical (unpaired) electrons. The Morgan fingerprint density at radius 3 is 2.14 bits per heavy atom. The number of carbonyl (C=O) groups excluding carboxylic acids is 4. The van der Waals surface area contributed by atoms with Crippen molar-refractivity contribution < 1.29 is 38.3 Å². The van der Waals surface area contributed by atoms with Gasteiger partial charge in [0.15, 0.2) is 0 Å². The Balaban J connectivity index is 1.60. The van der Waals surface area contributed by atoms with Crippen molar-refractivity contribution in [2.24, 2.45) is 0 Å². The topological polar surface area (TPSA) is 142 Å². The molecule has 1 unspecified atom stereocenters. The van der Waals surface area contributed by atoms with Gasteiger partial charge in [0.05, 0.1) is 46.8 Å². The summed E-state index contributed by atoms with van der Waals surface area (Å²) < 4.78 is 15.9. The van der Waals surface area contributed by atoms with Crippen LogP contribution in [0.25, 0.3) is 0 Å². The number of methoxy groups -OCH3 is 1. The van der Waals surface area contributed by atoms with Crippen molar-refractivity contribution in [2.45, 2.75) is 19.8 Å². The van der Waals surface area contributed by atoms with Crippen LogP contribution in [0.5, 0.6) is 0 Å². The molecule has 4 rings (SSSR count). The fourth-order valence-electron chi connectivity index (χ4n) is 4.42. The Kier molecular flexibility index (Phi) is 6.87. The number of carbonyl (C=O) groups is 4. The summed E-state index contributed by atoms with van der Waals surface area (Å²) in [6.45, 7) is 2.51. The molecule has 0 fully saturated rings. The summed E-state index contributed by atoms with van der Waals surface area (Å²) in [5.41, 5.74) is 0.514. The van der Waals surface area contributed by atoms with Gasteiger partial charge in [-0.1, -0.05) is 24.3 Å². The number of hydrogen-bond donors (Lipinski definition) is 0. The number of allylic oxidation sites excluding steroid dienone is 2. The molecule has 11 nitrogen and oxygen atoms in total. The van der Waals surface area contributed by atoms with Crippen molar-refractivity contribution in [3.8, 4) is 0 Å². The van der Waals surface area contributed by atoms with Crippen molar-refractivity contribution in [3.05, 3.63) is 98.0 Å². The number of fused-ring (bicyclic) bond motifs is 1. The average molecular weight is 506 g/mol. The van der Waals surface area contributed by atoms with Crippen LogP contribution in [0, 0.1) is 10.1 Å². The molecule has 1 atom stereocenters. The molecule has 0 aliphatic carbocycles. The van der Waals surface area contributed by atoms with Gasteiger partial charge in [-0.15, -0.1) is 0 Å². The van der Waals surface area contributed by atoms with E-state index in [1.807, 2.05) is 0 Å². The van der Waals surface area contributed by atoms with Crippen LogP contribution >= 0.6 is 0 Å². The number of nitrogens with zero attached hydrogens (tertiary/aromatic N) is 2. The second-order valence-electron chi connectivity index (χ2n) is 8.26. The number of imide groups is 1. The molecule has 2 aromatic carbocycles. The minimum Gasteiger partial charge on any atom is -0.466 e. The minimum absolute atomic E-state index is 0.0131. The number of hydrogen-bond acceptors (Lipinski definition) is 9. The van der Waals surface area contributed by atoms with Crippen LogP contribution < -0.4 is 0 Å². The van der Waals surface area contributed by atoms with E-state index in [4.69, 9.17) is 14.2 Å². The summed E-state index contributed by atoms with van der Waals surface area (Å²) in [5.74, 6) is -3.41. The third-order valence-electron chi connectivity index (χ3n) is 6.11. The molecule has 2 aromatic rings. The van der Waals surface area contributed by atoms with Gasteiger partial charge in [0, 0.05) is 12.1 Å². The number of amides is 2. The maximum atomic E-state index is 13.3. The number of nitro groups is 1. The number of nitro benzene ring substituents is 1. The number of rotatable bonds is 7. The molecule has 0 aromatic heterocycles. The summed E-state index contributed by atoms with van der Waals surface area (Å²) >= 11 is 0. The summed E-state index contributed by atoms with van der Waals surface area (Å²) in [5, 5.41) is 11.4. The van der Waals surface area contributed by atoms with Crippen LogP contribution in [0.1, 0.15) is 46.0 Å². The van der Waals surface area contributed by atoms with Crippen LogP contribution in [-0.4, -0.2) is 53.8 Å². The van der Waals surface area contributed by atoms with Crippen LogP contribution in [0.2, 0.25) is 0 Å². The van der Waals surface area contributed by atoms with Crippen molar-refractivity contribution in [1.82, 2.24) is 4.90 Å². The van der Waals surface area contributed by atoms with Crippen LogP contribution in [0.15, 0.2) is 71.2 Å². The first kappa shape index (κ1) is 25.3. The molecule has 0 N–H and O–H groups in total. The van der Waals surface area contributed by atoms with E-state index in [-0.39, 0.29) is 58.2 Å². The lowest BCUT2D eigenvalue weighted by molar-refractivity contribution is -0.384. The third kappa shape index (κ3) is 4.58. The van der Waals surface area contributed by atoms with E-state index in [2.05, 4.69) is 0 Å². The lowest BCUT2D eigenvalue weighted by Crippen LogP contribution is -2.34. The first-order valence-corrected chi connectivity index (χ1v) is 11.2. The fourth-order valence-corrected chi connectivity index (χ4v) is 4.42. The third-order valence-corrected chi connectivity index (χ3v) is 6.11. The Labute approximate surface area is 211 Å². The predicted molar refractivity (Wildman–Crippen MR) is 127 cm³/mol. The molecule has 2 heterocycles. The van der Waals surface area contributed by atoms with Gasteiger partial charge in [-0.05, 0) is 31.5 Å². The Morgan fingerprint density at radius 1 is 0.973 bits per heavy atom. The standard InChI is InChI=1S/C26H22N2O9/c1-14-20(25(31)35-3)22(16-7-6-8-17(13-16)28(33)34)21(15(2)37-14)26(32)36-12-11-27-23(29)18-9-4-5-10-19(18)24(27)30/h4-10,13,22H,11-12H2,1-3H3. The highest BCUT2D eigenvalue weighted by atomic mass is 16.6. The average Bonchev–Trinajstić information content (AvgIpc) is 3.12. The summed E-state index contributed by atoms with van der Waals surface area (Å²) in [4.78, 5) is 62.8. The maximum absolute atomic E-state index is 13.3. The molecule has 0 bridgehead atoms. The quantitative estimate of drug-likeness (QED) is 0.239. The predicted octanol–water partition coefficient (Wildman–Crippen LogP) is 3.27. The van der Waals surface area contributed by atoms with Crippen LogP contribution in [0.4, 0.5) is 5.69 Å². The maximum Gasteiger partial charge on any atom is 0.338 e. The molecule has 0 saturated carbocycles. The van der Waals surface area contributed by atoms with Gasteiger partial charge in [0.25, 0.3) is 17.5 Å². The monoisotopic (exact) mass is 506 g/mol. The molecule has 11 heteroatoms. The molecule has 0 spiro atoms. The van der Waals surface area contributed by atoms with E-state index in [0.29, 0.717) is 0 Å². The second kappa shape index (κ2) is 10.1. The van der Waals surface area contributed by atoms with Crippen LogP contribution in [-0.2, 0) is 23.8 Å². The van der Waals surface area contributed by atoms with Gasteiger partial charge >= 0.3 is 11.9 Å². The van der Waals surface area contributed by atoms with E-state index in [9.17, 15) is 29.3 Å². The molecule has 2 aliphatic heterocycles. The van der Waals surface area contributed by atoms with Crippen LogP contribution in [0.3, 0.4) is 0 Å². The van der Waals surface area contributed by atoms with Gasteiger partial charge in [0.1, 0.15) is 18.1 Å². The van der Waals surface area contributed by atoms with Crippen molar-refractivity contribution in [2.75, 3.05) is 20.3 Å². The van der Waals surface area contributed by atoms with E-state index in [1.165, 1.54) is 39.2 Å². The van der Waals surface area contributed by atoms with Crippen molar-refractivity contribution in [1.29, 1.82) is 0 Å². The summed E-state index contributed by atoms with van der Waals surface area (Å²) in [6.07, 6.45) is 0. The molecular formula is C26H22N2O9. The highest BCUT2D eigenvalue weighted by Crippen LogP contribution is 2.42. The van der Waals surface area contributed by atoms with E-state index < -0.39 is 34.6 Å². The molecule has 2 aliphatic rings. The lowest BCUT2D eigenvalue weighted by Gasteiger charge is -2.29. The van der Waals surface area contributed by atoms with Gasteiger partial charge in [0.2, 0.25) is 0 Å². The number of ether oxygens (including phenoxy) is 3. The Bertz CT molecular complexity index is 1370. The second-order valence-corrected chi connectivity index (χ2v) is 8.26. The van der Waals surface area contributed by atoms with E-state index in [1.54, 1.807) is 30.3 Å². The summed E-state index contributed by atoms with van der Waals surface area (Å²) in [7, 11) is 1.17. The zero-order valence-corrected chi connectivity index (χ0v) is 20.2. The lowest BCUT2D eigenvalue weighted by atomic mass is 9.81. The molecule has 0 saturated heterocycles. The van der Waals surface area contributed by atoms with Gasteiger partial charge in [-0.25, -0.2) is 9.59 Å². The Morgan fingerprint density at radius 2 is 1.57 bits per heavy atom. The van der Waals surface area contributed by atoms with Gasteiger partial charge in [-0.3, -0.25) is 24.6 Å². The first-order chi connectivity index (χ1) is 17.6. The molecule has 37 heavy (non-hydrogen) atoms. The molecule has 190 valence electrons. The zero-order valence-electron chi connectivity index (χ0n) is 20.2. The van der Waals surface area contributed by atoms with Gasteiger partial charge in [-0.2, -0.15) is 0 Å². The van der Waals surface area contributed by atoms with Crippen molar-refractivity contribution >= 4 is 29.4 Å². The normalized spacial score (nSPS) is 16.9. The highest BCUT2D eigenvalue weighted by Gasteiger charge is 2.40. The zero-order chi connectivity index (χ0) is 26.9. The van der Waals surface area contributed by atoms with E-state index in [0.717, 1.165) is 4.90 Å². The van der Waals surface area contributed by atoms with Gasteiger partial charge < -0.3 is 14.2 Å². The Hall–Kier alpha value is -4.80. The number of benzene rings is 2. The fraction of sp³-hybridized carbons (Fsp3) is 0.231. The highest BCUT2D eigenvalue weighted by molar-refractivity contribution is 6.21. The minimum atomic E-state index is -1.08. The number of non-ortho nitro benzene ring substituents is 1. The largest absolute Gasteiger partial charge is 0.466 e. The SMILES string of the molecule is COC(=O)C1=C(C)OC(C)=C(C(=O)OCCN2C(=O)c3ccccc3C2=O)C1c1cccc([N+](=O)[O-])c1. The first-order valence-electron chi connectivity index (χ1n) is 11.2. The summed E-state index contributed by atoms with van der Waals surface area (Å²) in [6, 6.07) is 11.9. The molecular weight excluding hydrogens is 484 g/mol. The number of esters is 2. The van der Waals surface area contributed by atoms with Crippen molar-refractivity contribution in [3.63, 3.8) is 0 Å². The smallest absolute Gasteiger partial charge is 0.338 e.